The third-order valence-electron chi connectivity index (χ3n) is 4.38. The van der Waals surface area contributed by atoms with E-state index in [2.05, 4.69) is 18.7 Å². The largest absolute Gasteiger partial charge is 0.300 e. The Labute approximate surface area is 95.2 Å². The van der Waals surface area contributed by atoms with E-state index in [1.807, 2.05) is 0 Å². The van der Waals surface area contributed by atoms with Gasteiger partial charge in [0.1, 0.15) is 0 Å². The highest BCUT2D eigenvalue weighted by molar-refractivity contribution is 4.86. The standard InChI is InChI=1S/C14H27N/c1-12(2)14(15-10-6-7-11-15)13-8-4-3-5-9-13/h12-14H,3-11H2,1-2H3. The summed E-state index contributed by atoms with van der Waals surface area (Å²) in [5.41, 5.74) is 0. The SMILES string of the molecule is CC(C)C(C1CCCCC1)N1CCCC1. The molecule has 15 heavy (non-hydrogen) atoms. The first kappa shape index (κ1) is 11.4. The molecule has 1 aliphatic heterocycles. The van der Waals surface area contributed by atoms with Crippen molar-refractivity contribution in [1.82, 2.24) is 4.90 Å². The number of hydrogen-bond acceptors (Lipinski definition) is 1. The van der Waals surface area contributed by atoms with Crippen molar-refractivity contribution in [2.45, 2.75) is 64.8 Å². The van der Waals surface area contributed by atoms with Crippen LogP contribution in [0.25, 0.3) is 0 Å². The quantitative estimate of drug-likeness (QED) is 0.685. The van der Waals surface area contributed by atoms with Crippen molar-refractivity contribution < 1.29 is 0 Å². The summed E-state index contributed by atoms with van der Waals surface area (Å²) in [5, 5.41) is 0. The Bertz CT molecular complexity index is 176. The smallest absolute Gasteiger partial charge is 0.0146 e. The summed E-state index contributed by atoms with van der Waals surface area (Å²) < 4.78 is 0. The van der Waals surface area contributed by atoms with E-state index in [1.54, 1.807) is 0 Å². The summed E-state index contributed by atoms with van der Waals surface area (Å²) in [4.78, 5) is 2.79. The van der Waals surface area contributed by atoms with Gasteiger partial charge in [-0.25, -0.2) is 0 Å². The Morgan fingerprint density at radius 2 is 1.47 bits per heavy atom. The molecule has 1 heterocycles. The van der Waals surface area contributed by atoms with Gasteiger partial charge in [0.25, 0.3) is 0 Å². The van der Waals surface area contributed by atoms with E-state index in [0.29, 0.717) is 0 Å². The van der Waals surface area contributed by atoms with Crippen LogP contribution in [-0.4, -0.2) is 24.0 Å². The molecular formula is C14H27N. The van der Waals surface area contributed by atoms with Crippen LogP contribution < -0.4 is 0 Å². The Kier molecular flexibility index (Phi) is 4.07. The average Bonchev–Trinajstić information content (AvgIpc) is 2.72. The van der Waals surface area contributed by atoms with Crippen LogP contribution in [0.2, 0.25) is 0 Å². The zero-order valence-electron chi connectivity index (χ0n) is 10.5. The average molecular weight is 209 g/mol. The lowest BCUT2D eigenvalue weighted by Crippen LogP contribution is -2.43. The summed E-state index contributed by atoms with van der Waals surface area (Å²) in [6, 6.07) is 0.896. The molecule has 0 radical (unpaired) electrons. The topological polar surface area (TPSA) is 3.24 Å². The molecule has 2 rings (SSSR count). The van der Waals surface area contributed by atoms with E-state index in [4.69, 9.17) is 0 Å². The van der Waals surface area contributed by atoms with Crippen molar-refractivity contribution in [2.24, 2.45) is 11.8 Å². The third-order valence-corrected chi connectivity index (χ3v) is 4.38. The van der Waals surface area contributed by atoms with Crippen molar-refractivity contribution in [1.29, 1.82) is 0 Å². The summed E-state index contributed by atoms with van der Waals surface area (Å²) in [6.45, 7) is 7.61. The minimum absolute atomic E-state index is 0.853. The van der Waals surface area contributed by atoms with Gasteiger partial charge in [0.2, 0.25) is 0 Å². The van der Waals surface area contributed by atoms with Crippen molar-refractivity contribution in [3.8, 4) is 0 Å². The molecule has 1 atom stereocenters. The molecule has 0 aromatic rings. The molecule has 0 spiro atoms. The van der Waals surface area contributed by atoms with E-state index >= 15 is 0 Å². The molecule has 0 N–H and O–H groups in total. The van der Waals surface area contributed by atoms with Crippen molar-refractivity contribution >= 4 is 0 Å². The molecule has 1 saturated heterocycles. The fraction of sp³-hybridized carbons (Fsp3) is 1.00. The maximum Gasteiger partial charge on any atom is 0.0146 e. The summed E-state index contributed by atoms with van der Waals surface area (Å²) >= 11 is 0. The van der Waals surface area contributed by atoms with Crippen LogP contribution >= 0.6 is 0 Å². The van der Waals surface area contributed by atoms with Crippen LogP contribution in [0.1, 0.15) is 58.8 Å². The van der Waals surface area contributed by atoms with E-state index < -0.39 is 0 Å². The highest BCUT2D eigenvalue weighted by Gasteiger charge is 2.32. The zero-order chi connectivity index (χ0) is 10.7. The summed E-state index contributed by atoms with van der Waals surface area (Å²) in [5.74, 6) is 1.86. The van der Waals surface area contributed by atoms with Crippen LogP contribution in [0.5, 0.6) is 0 Å². The molecular weight excluding hydrogens is 182 g/mol. The first-order valence-electron chi connectivity index (χ1n) is 7.03. The molecule has 0 aromatic carbocycles. The van der Waals surface area contributed by atoms with Gasteiger partial charge in [-0.3, -0.25) is 4.90 Å². The lowest BCUT2D eigenvalue weighted by molar-refractivity contribution is 0.103. The Morgan fingerprint density at radius 3 is 2.00 bits per heavy atom. The van der Waals surface area contributed by atoms with Crippen molar-refractivity contribution in [3.05, 3.63) is 0 Å². The first-order chi connectivity index (χ1) is 7.29. The van der Waals surface area contributed by atoms with Gasteiger partial charge in [0, 0.05) is 6.04 Å². The van der Waals surface area contributed by atoms with Gasteiger partial charge >= 0.3 is 0 Å². The van der Waals surface area contributed by atoms with Gasteiger partial charge in [-0.1, -0.05) is 33.1 Å². The molecule has 1 heteroatoms. The second kappa shape index (κ2) is 5.34. The lowest BCUT2D eigenvalue weighted by Gasteiger charge is -2.39. The number of likely N-dealkylation sites (tertiary alicyclic amines) is 1. The van der Waals surface area contributed by atoms with E-state index in [9.17, 15) is 0 Å². The predicted molar refractivity (Wildman–Crippen MR) is 66.0 cm³/mol. The van der Waals surface area contributed by atoms with Crippen molar-refractivity contribution in [3.63, 3.8) is 0 Å². The van der Waals surface area contributed by atoms with Gasteiger partial charge in [-0.2, -0.15) is 0 Å². The van der Waals surface area contributed by atoms with Crippen LogP contribution in [0.4, 0.5) is 0 Å². The molecule has 88 valence electrons. The molecule has 0 aromatic heterocycles. The highest BCUT2D eigenvalue weighted by Crippen LogP contribution is 2.33. The molecule has 0 amide bonds. The number of hydrogen-bond donors (Lipinski definition) is 0. The van der Waals surface area contributed by atoms with Crippen molar-refractivity contribution in [2.75, 3.05) is 13.1 Å². The molecule has 1 nitrogen and oxygen atoms in total. The molecule has 1 unspecified atom stereocenters. The third kappa shape index (κ3) is 2.75. The molecule has 2 fully saturated rings. The normalized spacial score (nSPS) is 27.4. The lowest BCUT2D eigenvalue weighted by atomic mass is 9.79. The van der Waals surface area contributed by atoms with Crippen LogP contribution in [0, 0.1) is 11.8 Å². The van der Waals surface area contributed by atoms with Gasteiger partial charge in [0.05, 0.1) is 0 Å². The Hall–Kier alpha value is -0.0400. The fourth-order valence-corrected chi connectivity index (χ4v) is 3.78. The van der Waals surface area contributed by atoms with Crippen LogP contribution in [0.15, 0.2) is 0 Å². The van der Waals surface area contributed by atoms with E-state index in [-0.39, 0.29) is 0 Å². The predicted octanol–water partition coefficient (Wildman–Crippen LogP) is 3.69. The molecule has 1 saturated carbocycles. The van der Waals surface area contributed by atoms with Gasteiger partial charge in [-0.05, 0) is 50.6 Å². The monoisotopic (exact) mass is 209 g/mol. The summed E-state index contributed by atoms with van der Waals surface area (Å²) in [6.07, 6.45) is 10.3. The van der Waals surface area contributed by atoms with Crippen LogP contribution in [-0.2, 0) is 0 Å². The van der Waals surface area contributed by atoms with Gasteiger partial charge < -0.3 is 0 Å². The van der Waals surface area contributed by atoms with Gasteiger partial charge in [0.15, 0.2) is 0 Å². The minimum Gasteiger partial charge on any atom is -0.300 e. The number of rotatable bonds is 3. The Morgan fingerprint density at radius 1 is 0.867 bits per heavy atom. The Balaban J connectivity index is 1.97. The second-order valence-corrected chi connectivity index (χ2v) is 5.88. The number of nitrogens with zero attached hydrogens (tertiary/aromatic N) is 1. The van der Waals surface area contributed by atoms with Gasteiger partial charge in [-0.15, -0.1) is 0 Å². The maximum absolute atomic E-state index is 2.79. The van der Waals surface area contributed by atoms with E-state index in [1.165, 1.54) is 58.0 Å². The zero-order valence-corrected chi connectivity index (χ0v) is 10.5. The minimum atomic E-state index is 0.853. The van der Waals surface area contributed by atoms with Crippen LogP contribution in [0.3, 0.4) is 0 Å². The van der Waals surface area contributed by atoms with E-state index in [0.717, 1.165) is 17.9 Å². The molecule has 2 aliphatic rings. The highest BCUT2D eigenvalue weighted by atomic mass is 15.2. The fourth-order valence-electron chi connectivity index (χ4n) is 3.78. The molecule has 0 bridgehead atoms. The maximum atomic E-state index is 2.79. The second-order valence-electron chi connectivity index (χ2n) is 5.88. The summed E-state index contributed by atoms with van der Waals surface area (Å²) in [7, 11) is 0. The molecule has 1 aliphatic carbocycles. The first-order valence-corrected chi connectivity index (χ1v) is 7.03.